The fourth-order valence-corrected chi connectivity index (χ4v) is 3.05. The third-order valence-electron chi connectivity index (χ3n) is 4.15. The van der Waals surface area contributed by atoms with Crippen molar-refractivity contribution in [3.05, 3.63) is 77.7 Å². The van der Waals surface area contributed by atoms with Crippen molar-refractivity contribution in [2.24, 2.45) is 0 Å². The van der Waals surface area contributed by atoms with Gasteiger partial charge in [-0.25, -0.2) is 4.79 Å². The Morgan fingerprint density at radius 1 is 1.03 bits per heavy atom. The van der Waals surface area contributed by atoms with E-state index >= 15 is 0 Å². The van der Waals surface area contributed by atoms with Crippen LogP contribution in [-0.2, 0) is 9.53 Å². The summed E-state index contributed by atoms with van der Waals surface area (Å²) >= 11 is 1.56. The number of carbonyl (C=O) groups excluding carboxylic acids is 3. The van der Waals surface area contributed by atoms with Crippen LogP contribution in [0.25, 0.3) is 0 Å². The van der Waals surface area contributed by atoms with Gasteiger partial charge < -0.3 is 19.8 Å². The van der Waals surface area contributed by atoms with Gasteiger partial charge in [-0.3, -0.25) is 9.59 Å². The molecule has 3 rings (SSSR count). The fraction of sp³-hybridized carbons (Fsp3) is 0.136. The molecule has 0 spiro atoms. The van der Waals surface area contributed by atoms with Gasteiger partial charge in [0.25, 0.3) is 11.8 Å². The zero-order valence-electron chi connectivity index (χ0n) is 16.4. The average Bonchev–Trinajstić information content (AvgIpc) is 3.29. The van der Waals surface area contributed by atoms with E-state index in [0.717, 1.165) is 10.5 Å². The van der Waals surface area contributed by atoms with Crippen LogP contribution in [0.4, 0.5) is 11.4 Å². The molecule has 0 aliphatic rings. The Hall–Kier alpha value is -3.52. The summed E-state index contributed by atoms with van der Waals surface area (Å²) in [5.41, 5.74) is 2.05. The van der Waals surface area contributed by atoms with Crippen molar-refractivity contribution in [2.75, 3.05) is 23.5 Å². The van der Waals surface area contributed by atoms with Crippen LogP contribution >= 0.6 is 11.8 Å². The first-order valence-corrected chi connectivity index (χ1v) is 10.3. The zero-order chi connectivity index (χ0) is 21.5. The van der Waals surface area contributed by atoms with Gasteiger partial charge in [0.15, 0.2) is 12.4 Å². The lowest BCUT2D eigenvalue weighted by molar-refractivity contribution is -0.119. The van der Waals surface area contributed by atoms with Crippen molar-refractivity contribution >= 4 is 40.9 Å². The van der Waals surface area contributed by atoms with E-state index in [0.29, 0.717) is 11.4 Å². The number of ether oxygens (including phenoxy) is 1. The monoisotopic (exact) mass is 424 g/mol. The summed E-state index contributed by atoms with van der Waals surface area (Å²) in [6, 6.07) is 15.2. The predicted molar refractivity (Wildman–Crippen MR) is 115 cm³/mol. The van der Waals surface area contributed by atoms with Crippen LogP contribution in [0.15, 0.2) is 70.2 Å². The van der Waals surface area contributed by atoms with Gasteiger partial charge in [-0.15, -0.1) is 11.8 Å². The van der Waals surface area contributed by atoms with E-state index in [1.54, 1.807) is 43.0 Å². The second kappa shape index (κ2) is 9.80. The molecule has 7 nitrogen and oxygen atoms in total. The van der Waals surface area contributed by atoms with Crippen molar-refractivity contribution in [3.63, 3.8) is 0 Å². The molecular weight excluding hydrogens is 404 g/mol. The highest BCUT2D eigenvalue weighted by Gasteiger charge is 2.15. The topological polar surface area (TPSA) is 97.6 Å². The van der Waals surface area contributed by atoms with Gasteiger partial charge in [-0.05, 0) is 61.2 Å². The van der Waals surface area contributed by atoms with E-state index < -0.39 is 24.4 Å². The first-order chi connectivity index (χ1) is 14.5. The van der Waals surface area contributed by atoms with Gasteiger partial charge in [0.05, 0.1) is 11.8 Å². The number of thioether (sulfide) groups is 1. The molecule has 2 amide bonds. The maximum absolute atomic E-state index is 12.3. The molecule has 0 saturated heterocycles. The van der Waals surface area contributed by atoms with Gasteiger partial charge in [-0.2, -0.15) is 0 Å². The van der Waals surface area contributed by atoms with E-state index in [1.165, 1.54) is 18.4 Å². The number of hydrogen-bond donors (Lipinski definition) is 2. The fourth-order valence-electron chi connectivity index (χ4n) is 2.59. The molecule has 0 aliphatic carbocycles. The van der Waals surface area contributed by atoms with Gasteiger partial charge in [-0.1, -0.05) is 12.1 Å². The highest BCUT2D eigenvalue weighted by Crippen LogP contribution is 2.20. The number of hydrogen-bond acceptors (Lipinski definition) is 6. The molecule has 0 radical (unpaired) electrons. The molecule has 30 heavy (non-hydrogen) atoms. The molecule has 0 saturated carbocycles. The average molecular weight is 424 g/mol. The highest BCUT2D eigenvalue weighted by atomic mass is 32.2. The number of furan rings is 1. The zero-order valence-corrected chi connectivity index (χ0v) is 17.2. The molecule has 1 aromatic heterocycles. The number of amides is 2. The highest BCUT2D eigenvalue weighted by molar-refractivity contribution is 7.98. The van der Waals surface area contributed by atoms with Crippen LogP contribution in [0.1, 0.15) is 26.5 Å². The van der Waals surface area contributed by atoms with E-state index in [9.17, 15) is 14.4 Å². The largest absolute Gasteiger partial charge is 0.459 e. The van der Waals surface area contributed by atoms with Gasteiger partial charge in [0, 0.05) is 16.3 Å². The smallest absolute Gasteiger partial charge is 0.338 e. The minimum atomic E-state index is -0.670. The molecule has 3 aromatic rings. The number of esters is 1. The van der Waals surface area contributed by atoms with Gasteiger partial charge in [0.2, 0.25) is 0 Å². The minimum absolute atomic E-state index is 0.157. The molecule has 0 atom stereocenters. The summed E-state index contributed by atoms with van der Waals surface area (Å²) in [5.74, 6) is -1.39. The molecule has 2 N–H and O–H groups in total. The van der Waals surface area contributed by atoms with Crippen molar-refractivity contribution < 1.29 is 23.5 Å². The quantitative estimate of drug-likeness (QED) is 0.432. The number of rotatable bonds is 7. The lowest BCUT2D eigenvalue weighted by atomic mass is 10.1. The van der Waals surface area contributed by atoms with Crippen LogP contribution in [-0.4, -0.2) is 30.6 Å². The van der Waals surface area contributed by atoms with Crippen LogP contribution in [0, 0.1) is 6.92 Å². The summed E-state index contributed by atoms with van der Waals surface area (Å²) in [4.78, 5) is 37.6. The number of carbonyl (C=O) groups is 3. The van der Waals surface area contributed by atoms with Gasteiger partial charge >= 0.3 is 5.97 Å². The first-order valence-electron chi connectivity index (χ1n) is 9.03. The maximum Gasteiger partial charge on any atom is 0.338 e. The molecule has 154 valence electrons. The normalized spacial score (nSPS) is 10.3. The minimum Gasteiger partial charge on any atom is -0.459 e. The Labute approximate surface area is 177 Å². The Kier molecular flexibility index (Phi) is 6.92. The maximum atomic E-state index is 12.3. The first kappa shape index (κ1) is 21.2. The molecule has 8 heteroatoms. The lowest BCUT2D eigenvalue weighted by Crippen LogP contribution is -2.21. The summed E-state index contributed by atoms with van der Waals surface area (Å²) in [7, 11) is 0. The van der Waals surface area contributed by atoms with E-state index in [2.05, 4.69) is 10.6 Å². The summed E-state index contributed by atoms with van der Waals surface area (Å²) in [5, 5.41) is 5.38. The van der Waals surface area contributed by atoms with Crippen molar-refractivity contribution in [1.29, 1.82) is 0 Å². The van der Waals surface area contributed by atoms with Crippen LogP contribution in [0.3, 0.4) is 0 Å². The SMILES string of the molecule is CSc1cccc(NC(=O)COC(=O)c2ccc(C)c(NC(=O)c3ccco3)c2)c1. The van der Waals surface area contributed by atoms with Crippen LogP contribution < -0.4 is 10.6 Å². The standard InChI is InChI=1S/C22H20N2O5S/c1-14-8-9-15(11-18(14)24-21(26)19-7-4-10-28-19)22(27)29-13-20(25)23-16-5-3-6-17(12-16)30-2/h3-12H,13H2,1-2H3,(H,23,25)(H,24,26). The summed E-state index contributed by atoms with van der Waals surface area (Å²) in [6.45, 7) is 1.37. The number of aryl methyl sites for hydroxylation is 1. The summed E-state index contributed by atoms with van der Waals surface area (Å²) in [6.07, 6.45) is 3.34. The second-order valence-electron chi connectivity index (χ2n) is 6.32. The molecule has 0 aliphatic heterocycles. The Bertz CT molecular complexity index is 1060. The molecule has 0 bridgehead atoms. The van der Waals surface area contributed by atoms with E-state index in [1.807, 2.05) is 24.5 Å². The predicted octanol–water partition coefficient (Wildman–Crippen LogP) is 4.36. The molecule has 0 unspecified atom stereocenters. The molecule has 2 aromatic carbocycles. The van der Waals surface area contributed by atoms with Crippen molar-refractivity contribution in [1.82, 2.24) is 0 Å². The number of benzene rings is 2. The van der Waals surface area contributed by atoms with Crippen molar-refractivity contribution in [3.8, 4) is 0 Å². The Morgan fingerprint density at radius 2 is 1.87 bits per heavy atom. The van der Waals surface area contributed by atoms with Crippen LogP contribution in [0.2, 0.25) is 0 Å². The molecular formula is C22H20N2O5S. The number of anilines is 2. The van der Waals surface area contributed by atoms with Gasteiger partial charge in [0.1, 0.15) is 0 Å². The van der Waals surface area contributed by atoms with Crippen molar-refractivity contribution in [2.45, 2.75) is 11.8 Å². The van der Waals surface area contributed by atoms with E-state index in [-0.39, 0.29) is 11.3 Å². The van der Waals surface area contributed by atoms with Crippen LogP contribution in [0.5, 0.6) is 0 Å². The third kappa shape index (κ3) is 5.51. The third-order valence-corrected chi connectivity index (χ3v) is 4.88. The molecule has 1 heterocycles. The Morgan fingerprint density at radius 3 is 2.60 bits per heavy atom. The lowest BCUT2D eigenvalue weighted by Gasteiger charge is -2.10. The Balaban J connectivity index is 1.59. The second-order valence-corrected chi connectivity index (χ2v) is 7.20. The number of nitrogens with one attached hydrogen (secondary N) is 2. The molecule has 0 fully saturated rings. The summed E-state index contributed by atoms with van der Waals surface area (Å²) < 4.78 is 10.2. The van der Waals surface area contributed by atoms with E-state index in [4.69, 9.17) is 9.15 Å².